The standard InChI is InChI=1S/C20H24N4O5/c1-4-23(13-19(25)21-15-9-11-16(29-3)12-10-15)14(2)20(26)22-17-7-5-6-8-18(17)24(27)28/h5-12,14H,4,13H2,1-3H3,(H,21,25)(H,22,26)/t14-/m1/s1. The summed E-state index contributed by atoms with van der Waals surface area (Å²) in [5.74, 6) is -0.0285. The summed E-state index contributed by atoms with van der Waals surface area (Å²) in [6, 6.07) is 12.2. The van der Waals surface area contributed by atoms with Gasteiger partial charge in [0.25, 0.3) is 5.69 Å². The van der Waals surface area contributed by atoms with Crippen molar-refractivity contribution in [2.24, 2.45) is 0 Å². The molecule has 0 spiro atoms. The monoisotopic (exact) mass is 400 g/mol. The van der Waals surface area contributed by atoms with Crippen LogP contribution in [0.1, 0.15) is 13.8 Å². The lowest BCUT2D eigenvalue weighted by molar-refractivity contribution is -0.383. The fraction of sp³-hybridized carbons (Fsp3) is 0.300. The van der Waals surface area contributed by atoms with Gasteiger partial charge in [0.15, 0.2) is 0 Å². The summed E-state index contributed by atoms with van der Waals surface area (Å²) in [5, 5.41) is 16.4. The van der Waals surface area contributed by atoms with E-state index in [-0.39, 0.29) is 23.8 Å². The van der Waals surface area contributed by atoms with Crippen LogP contribution in [0, 0.1) is 10.1 Å². The summed E-state index contributed by atoms with van der Waals surface area (Å²) < 4.78 is 5.08. The number of amides is 2. The molecule has 0 aromatic heterocycles. The second-order valence-electron chi connectivity index (χ2n) is 6.28. The molecule has 2 aromatic carbocycles. The number of anilines is 2. The quantitative estimate of drug-likeness (QED) is 0.494. The van der Waals surface area contributed by atoms with Crippen LogP contribution in [-0.2, 0) is 9.59 Å². The third kappa shape index (κ3) is 6.01. The first-order valence-electron chi connectivity index (χ1n) is 9.08. The van der Waals surface area contributed by atoms with Gasteiger partial charge in [0, 0.05) is 11.8 Å². The minimum absolute atomic E-state index is 0.00595. The van der Waals surface area contributed by atoms with Gasteiger partial charge >= 0.3 is 0 Å². The van der Waals surface area contributed by atoms with Crippen LogP contribution >= 0.6 is 0 Å². The molecule has 0 saturated heterocycles. The topological polar surface area (TPSA) is 114 Å². The third-order valence-corrected chi connectivity index (χ3v) is 4.41. The van der Waals surface area contributed by atoms with E-state index in [2.05, 4.69) is 10.6 Å². The molecule has 9 nitrogen and oxygen atoms in total. The van der Waals surface area contributed by atoms with Gasteiger partial charge in [0.05, 0.1) is 24.6 Å². The Kier molecular flexibility index (Phi) is 7.67. The highest BCUT2D eigenvalue weighted by atomic mass is 16.6. The van der Waals surface area contributed by atoms with Gasteiger partial charge in [-0.15, -0.1) is 0 Å². The van der Waals surface area contributed by atoms with Crippen LogP contribution in [0.5, 0.6) is 5.75 Å². The number of nitro groups is 1. The molecule has 0 saturated carbocycles. The first-order chi connectivity index (χ1) is 13.8. The van der Waals surface area contributed by atoms with E-state index < -0.39 is 16.9 Å². The van der Waals surface area contributed by atoms with Crippen molar-refractivity contribution >= 4 is 28.9 Å². The van der Waals surface area contributed by atoms with Crippen molar-refractivity contribution in [2.75, 3.05) is 30.8 Å². The lowest BCUT2D eigenvalue weighted by Crippen LogP contribution is -2.45. The van der Waals surface area contributed by atoms with E-state index in [1.54, 1.807) is 49.3 Å². The van der Waals surface area contributed by atoms with Crippen molar-refractivity contribution in [1.29, 1.82) is 0 Å². The van der Waals surface area contributed by atoms with E-state index in [0.717, 1.165) is 0 Å². The number of nitrogens with one attached hydrogen (secondary N) is 2. The Morgan fingerprint density at radius 2 is 1.79 bits per heavy atom. The zero-order valence-corrected chi connectivity index (χ0v) is 16.5. The third-order valence-electron chi connectivity index (χ3n) is 4.41. The van der Waals surface area contributed by atoms with E-state index in [1.165, 1.54) is 18.2 Å². The molecule has 0 bridgehead atoms. The Labute approximate surface area is 168 Å². The van der Waals surface area contributed by atoms with Crippen molar-refractivity contribution < 1.29 is 19.2 Å². The molecule has 0 aliphatic rings. The Morgan fingerprint density at radius 1 is 1.14 bits per heavy atom. The Bertz CT molecular complexity index is 869. The largest absolute Gasteiger partial charge is 0.497 e. The number of carbonyl (C=O) groups excluding carboxylic acids is 2. The van der Waals surface area contributed by atoms with Crippen LogP contribution in [0.25, 0.3) is 0 Å². The number of hydrogen-bond donors (Lipinski definition) is 2. The van der Waals surface area contributed by atoms with Gasteiger partial charge in [0.1, 0.15) is 11.4 Å². The van der Waals surface area contributed by atoms with Gasteiger partial charge in [-0.2, -0.15) is 0 Å². The van der Waals surface area contributed by atoms with E-state index in [1.807, 2.05) is 6.92 Å². The number of hydrogen-bond acceptors (Lipinski definition) is 6. The molecule has 1 atom stereocenters. The number of rotatable bonds is 9. The first kappa shape index (κ1) is 21.8. The molecule has 29 heavy (non-hydrogen) atoms. The molecule has 0 unspecified atom stereocenters. The summed E-state index contributed by atoms with van der Waals surface area (Å²) in [4.78, 5) is 37.2. The summed E-state index contributed by atoms with van der Waals surface area (Å²) in [6.07, 6.45) is 0. The number of para-hydroxylation sites is 2. The highest BCUT2D eigenvalue weighted by Gasteiger charge is 2.24. The van der Waals surface area contributed by atoms with Gasteiger partial charge in [-0.25, -0.2) is 0 Å². The van der Waals surface area contributed by atoms with Crippen molar-refractivity contribution in [3.05, 3.63) is 58.6 Å². The molecule has 9 heteroatoms. The molecule has 0 fully saturated rings. The zero-order valence-electron chi connectivity index (χ0n) is 16.5. The Hall–Kier alpha value is -3.46. The fourth-order valence-electron chi connectivity index (χ4n) is 2.72. The van der Waals surface area contributed by atoms with E-state index in [0.29, 0.717) is 18.0 Å². The minimum Gasteiger partial charge on any atom is -0.497 e. The second kappa shape index (κ2) is 10.2. The molecule has 2 amide bonds. The molecular formula is C20H24N4O5. The highest BCUT2D eigenvalue weighted by molar-refractivity contribution is 5.97. The molecule has 154 valence electrons. The number of carbonyl (C=O) groups is 2. The first-order valence-corrected chi connectivity index (χ1v) is 9.08. The van der Waals surface area contributed by atoms with E-state index >= 15 is 0 Å². The maximum atomic E-state index is 12.6. The SMILES string of the molecule is CCN(CC(=O)Nc1ccc(OC)cc1)[C@H](C)C(=O)Nc1ccccc1[N+](=O)[O-]. The van der Waals surface area contributed by atoms with Crippen molar-refractivity contribution in [3.63, 3.8) is 0 Å². The maximum absolute atomic E-state index is 12.6. The van der Waals surface area contributed by atoms with Gasteiger partial charge in [-0.1, -0.05) is 19.1 Å². The lowest BCUT2D eigenvalue weighted by atomic mass is 10.2. The molecule has 0 aliphatic carbocycles. The van der Waals surface area contributed by atoms with Crippen molar-refractivity contribution in [1.82, 2.24) is 4.90 Å². The molecule has 0 radical (unpaired) electrons. The van der Waals surface area contributed by atoms with Crippen molar-refractivity contribution in [3.8, 4) is 5.75 Å². The summed E-state index contributed by atoms with van der Waals surface area (Å²) in [6.45, 7) is 3.92. The van der Waals surface area contributed by atoms with E-state index in [4.69, 9.17) is 4.74 Å². The normalized spacial score (nSPS) is 11.6. The Morgan fingerprint density at radius 3 is 2.38 bits per heavy atom. The lowest BCUT2D eigenvalue weighted by Gasteiger charge is -2.26. The van der Waals surface area contributed by atoms with Crippen LogP contribution in [0.15, 0.2) is 48.5 Å². The van der Waals surface area contributed by atoms with Gasteiger partial charge in [0.2, 0.25) is 11.8 Å². The number of methoxy groups -OCH3 is 1. The number of likely N-dealkylation sites (N-methyl/N-ethyl adjacent to an activating group) is 1. The predicted molar refractivity (Wildman–Crippen MR) is 110 cm³/mol. The van der Waals surface area contributed by atoms with Gasteiger partial charge < -0.3 is 15.4 Å². The molecule has 0 heterocycles. The Balaban J connectivity index is 1.99. The number of benzene rings is 2. The maximum Gasteiger partial charge on any atom is 0.292 e. The molecule has 2 aromatic rings. The molecule has 2 N–H and O–H groups in total. The van der Waals surface area contributed by atoms with Crippen LogP contribution in [0.2, 0.25) is 0 Å². The molecule has 2 rings (SSSR count). The van der Waals surface area contributed by atoms with Crippen LogP contribution < -0.4 is 15.4 Å². The average molecular weight is 400 g/mol. The molecule has 0 aliphatic heterocycles. The summed E-state index contributed by atoms with van der Waals surface area (Å²) in [5.41, 5.74) is 0.547. The second-order valence-corrected chi connectivity index (χ2v) is 6.28. The average Bonchev–Trinajstić information content (AvgIpc) is 2.72. The van der Waals surface area contributed by atoms with Crippen molar-refractivity contribution in [2.45, 2.75) is 19.9 Å². The zero-order chi connectivity index (χ0) is 21.4. The van der Waals surface area contributed by atoms with Crippen LogP contribution in [0.3, 0.4) is 0 Å². The predicted octanol–water partition coefficient (Wildman–Crippen LogP) is 2.89. The molecular weight excluding hydrogens is 376 g/mol. The minimum atomic E-state index is -0.665. The number of ether oxygens (including phenoxy) is 1. The smallest absolute Gasteiger partial charge is 0.292 e. The fourth-order valence-corrected chi connectivity index (χ4v) is 2.72. The van der Waals surface area contributed by atoms with Gasteiger partial charge in [-0.3, -0.25) is 24.6 Å². The van der Waals surface area contributed by atoms with E-state index in [9.17, 15) is 19.7 Å². The van der Waals surface area contributed by atoms with Crippen LogP contribution in [-0.4, -0.2) is 47.9 Å². The van der Waals surface area contributed by atoms with Gasteiger partial charge in [-0.05, 0) is 43.8 Å². The number of nitrogens with zero attached hydrogens (tertiary/aromatic N) is 2. The highest BCUT2D eigenvalue weighted by Crippen LogP contribution is 2.23. The van der Waals surface area contributed by atoms with Crippen LogP contribution in [0.4, 0.5) is 17.1 Å². The number of nitro benzene ring substituents is 1. The summed E-state index contributed by atoms with van der Waals surface area (Å²) >= 11 is 0. The summed E-state index contributed by atoms with van der Waals surface area (Å²) in [7, 11) is 1.56.